The molecule has 4 heterocycles. The molecule has 2 aliphatic rings. The summed E-state index contributed by atoms with van der Waals surface area (Å²) >= 11 is 0. The summed E-state index contributed by atoms with van der Waals surface area (Å²) in [6, 6.07) is 4.25. The number of aromatic nitrogens is 4. The van der Waals surface area contributed by atoms with Crippen LogP contribution >= 0.6 is 0 Å². The highest BCUT2D eigenvalue weighted by Crippen LogP contribution is 2.37. The number of rotatable bonds is 17. The van der Waals surface area contributed by atoms with Crippen molar-refractivity contribution in [2.24, 2.45) is 0 Å². The van der Waals surface area contributed by atoms with Crippen LogP contribution in [0.5, 0.6) is 0 Å². The highest BCUT2D eigenvalue weighted by Gasteiger charge is 2.57. The molecule has 0 N–H and O–H groups in total. The molecule has 1 aromatic carbocycles. The normalized spacial score (nSPS) is 25.6. The average Bonchev–Trinajstić information content (AvgIpc) is 3.86. The molecule has 2 saturated heterocycles. The van der Waals surface area contributed by atoms with Crippen LogP contribution in [0.4, 0.5) is 17.3 Å². The van der Waals surface area contributed by atoms with E-state index >= 15 is 0 Å². The second-order valence-corrected chi connectivity index (χ2v) is 14.1. The number of aryl methyl sites for hydroxylation is 1. The third kappa shape index (κ3) is 12.1. The smallest absolute Gasteiger partial charge is 0.381 e. The number of ether oxygens (including phenoxy) is 9. The molecule has 27 heteroatoms. The van der Waals surface area contributed by atoms with Crippen LogP contribution in [-0.4, -0.2) is 125 Å². The summed E-state index contributed by atoms with van der Waals surface area (Å²) in [6.45, 7) is 5.34. The van der Waals surface area contributed by atoms with Crippen LogP contribution in [0.1, 0.15) is 45.7 Å². The number of carbonyl (C=O) groups excluding carboxylic acids is 5. The highest BCUT2D eigenvalue weighted by molar-refractivity contribution is 5.69. The first-order chi connectivity index (χ1) is 29.7. The topological polar surface area (TPSA) is 333 Å². The van der Waals surface area contributed by atoms with Crippen LogP contribution in [0.25, 0.3) is 0 Å². The summed E-state index contributed by atoms with van der Waals surface area (Å²) in [5.41, 5.74) is 0.389. The molecule has 2 aromatic heterocycles. The van der Waals surface area contributed by atoms with Gasteiger partial charge in [-0.2, -0.15) is 0 Å². The summed E-state index contributed by atoms with van der Waals surface area (Å²) in [5.74, 6) is -5.92. The Morgan fingerprint density at radius 3 is 1.51 bits per heavy atom. The zero-order chi connectivity index (χ0) is 46.3. The van der Waals surface area contributed by atoms with Crippen LogP contribution in [0.2, 0.25) is 0 Å². The van der Waals surface area contributed by atoms with Gasteiger partial charge in [0.05, 0.1) is 24.6 Å². The van der Waals surface area contributed by atoms with E-state index in [1.807, 2.05) is 0 Å². The summed E-state index contributed by atoms with van der Waals surface area (Å²) in [4.78, 5) is 103. The minimum Gasteiger partial charge on any atom is -0.456 e. The number of benzene rings is 1. The van der Waals surface area contributed by atoms with Gasteiger partial charge in [-0.05, 0) is 32.3 Å². The van der Waals surface area contributed by atoms with Crippen molar-refractivity contribution in [3.05, 3.63) is 84.7 Å². The number of esters is 5. The lowest BCUT2D eigenvalue weighted by Crippen LogP contribution is -2.67. The fourth-order valence-electron chi connectivity index (χ4n) is 6.85. The van der Waals surface area contributed by atoms with Gasteiger partial charge in [0.15, 0.2) is 43.1 Å². The van der Waals surface area contributed by atoms with E-state index in [1.165, 1.54) is 34.3 Å². The number of carbonyl (C=O) groups is 5. The van der Waals surface area contributed by atoms with Gasteiger partial charge in [0.25, 0.3) is 5.69 Å². The maximum atomic E-state index is 12.9. The van der Waals surface area contributed by atoms with E-state index in [2.05, 4.69) is 9.97 Å². The van der Waals surface area contributed by atoms with Crippen molar-refractivity contribution < 1.29 is 81.4 Å². The van der Waals surface area contributed by atoms with Gasteiger partial charge in [0.1, 0.15) is 30.7 Å². The molecule has 27 nitrogen and oxygen atoms in total. The Balaban J connectivity index is 1.63. The van der Waals surface area contributed by atoms with Gasteiger partial charge in [-0.3, -0.25) is 34.1 Å². The van der Waals surface area contributed by atoms with Gasteiger partial charge in [-0.25, -0.2) is 0 Å². The molecule has 10 atom stereocenters. The molecule has 0 saturated carbocycles. The summed E-state index contributed by atoms with van der Waals surface area (Å²) in [7, 11) is 0. The van der Waals surface area contributed by atoms with Crippen LogP contribution in [0, 0.1) is 37.3 Å². The zero-order valence-corrected chi connectivity index (χ0v) is 34.2. The van der Waals surface area contributed by atoms with Gasteiger partial charge >= 0.3 is 41.5 Å². The van der Waals surface area contributed by atoms with Gasteiger partial charge in [-0.15, -0.1) is 0 Å². The van der Waals surface area contributed by atoms with Gasteiger partial charge in [0, 0.05) is 46.2 Å². The third-order valence-corrected chi connectivity index (χ3v) is 9.26. The Morgan fingerprint density at radius 1 is 0.619 bits per heavy atom. The molecule has 0 spiro atoms. The van der Waals surface area contributed by atoms with Crippen molar-refractivity contribution in [2.75, 3.05) is 0 Å². The molecule has 0 unspecified atom stereocenters. The van der Waals surface area contributed by atoms with E-state index in [0.717, 1.165) is 59.7 Å². The molecule has 0 aliphatic carbocycles. The quantitative estimate of drug-likeness (QED) is 0.0802. The lowest BCUT2D eigenvalue weighted by atomic mass is 9.95. The predicted octanol–water partition coefficient (Wildman–Crippen LogP) is 1.52. The summed E-state index contributed by atoms with van der Waals surface area (Å²) < 4.78 is 55.6. The van der Waals surface area contributed by atoms with Gasteiger partial charge in [-0.1, -0.05) is 12.1 Å². The van der Waals surface area contributed by atoms with Crippen molar-refractivity contribution >= 4 is 47.2 Å². The number of nitrogens with zero attached hydrogens (tertiary/aromatic N) is 7. The van der Waals surface area contributed by atoms with Gasteiger partial charge < -0.3 is 72.0 Å². The standard InChI is InChI=1S/C36H41N7O20/c1-17-7-8-23(9-24(17)41(49)50)14-55-35-33(59-21(5)47)32(58-20(4)46)30(26(61-35)11-40-13-28(38-16-40)43(53)54)63-36-34(60-22(6)48)31(57-19(3)45)29(56-18(2)44)25(62-36)10-39-12-27(37-15-39)42(51)52/h7-9,12-13,15-16,25-26,29-36H,10-11,14H2,1-6H3/t25-,26-,29-,30-,31+,32+,33-,34-,35-,36-/m1/s1. The van der Waals surface area contributed by atoms with E-state index in [0.29, 0.717) is 5.56 Å². The number of hydrogen-bond donors (Lipinski definition) is 0. The Bertz CT molecular complexity index is 2230. The van der Waals surface area contributed by atoms with Crippen LogP contribution in [0.15, 0.2) is 43.2 Å². The average molecular weight is 892 g/mol. The maximum absolute atomic E-state index is 12.9. The maximum Gasteiger partial charge on any atom is 0.381 e. The molecule has 3 aromatic rings. The third-order valence-electron chi connectivity index (χ3n) is 9.26. The molecule has 0 amide bonds. The molecular formula is C36H41N7O20. The summed E-state index contributed by atoms with van der Waals surface area (Å²) in [5, 5.41) is 34.7. The molecule has 340 valence electrons. The molecule has 2 aliphatic heterocycles. The monoisotopic (exact) mass is 891 g/mol. The molecule has 2 fully saturated rings. The van der Waals surface area contributed by atoms with E-state index < -0.39 is 137 Å². The molecule has 0 bridgehead atoms. The molecule has 63 heavy (non-hydrogen) atoms. The number of hydrogen-bond acceptors (Lipinski definition) is 22. The zero-order valence-electron chi connectivity index (χ0n) is 34.2. The molecule has 5 rings (SSSR count). The Labute approximate surface area is 354 Å². The van der Waals surface area contributed by atoms with Crippen molar-refractivity contribution in [1.82, 2.24) is 19.1 Å². The van der Waals surface area contributed by atoms with E-state index in [4.69, 9.17) is 42.6 Å². The van der Waals surface area contributed by atoms with Crippen LogP contribution in [-0.2, 0) is 86.3 Å². The molecule has 0 radical (unpaired) electrons. The minimum absolute atomic E-state index is 0.231. The van der Waals surface area contributed by atoms with E-state index in [9.17, 15) is 54.3 Å². The van der Waals surface area contributed by atoms with E-state index in [-0.39, 0.29) is 11.3 Å². The largest absolute Gasteiger partial charge is 0.456 e. The fourth-order valence-corrected chi connectivity index (χ4v) is 6.85. The minimum atomic E-state index is -1.91. The first-order valence-corrected chi connectivity index (χ1v) is 18.7. The van der Waals surface area contributed by atoms with Crippen molar-refractivity contribution in [3.8, 4) is 0 Å². The van der Waals surface area contributed by atoms with Crippen molar-refractivity contribution in [1.29, 1.82) is 0 Å². The van der Waals surface area contributed by atoms with Crippen LogP contribution in [0.3, 0.4) is 0 Å². The Hall–Kier alpha value is -6.97. The molecular weight excluding hydrogens is 850 g/mol. The fraction of sp³-hybridized carbons (Fsp3) is 0.528. The number of imidazole rings is 2. The second-order valence-electron chi connectivity index (χ2n) is 14.1. The van der Waals surface area contributed by atoms with Gasteiger partial charge in [0.2, 0.25) is 12.7 Å². The Morgan fingerprint density at radius 2 is 1.05 bits per heavy atom. The number of nitro groups is 3. The van der Waals surface area contributed by atoms with Crippen molar-refractivity contribution in [3.63, 3.8) is 0 Å². The predicted molar refractivity (Wildman–Crippen MR) is 200 cm³/mol. The lowest BCUT2D eigenvalue weighted by molar-refractivity contribution is -0.389. The Kier molecular flexibility index (Phi) is 15.1. The van der Waals surface area contributed by atoms with Crippen molar-refractivity contribution in [2.45, 2.75) is 123 Å². The number of nitro benzene ring substituents is 1. The lowest BCUT2D eigenvalue weighted by Gasteiger charge is -2.49. The van der Waals surface area contributed by atoms with Crippen LogP contribution < -0.4 is 0 Å². The SMILES string of the molecule is CC(=O)O[C@@H]1[C@@H](OC(C)=O)[C@@H](O[C@H]2[C@H](OC(C)=O)[C@@H](OC(C)=O)[C@H](OCc3ccc(C)c([N+](=O)[O-])c3)O[C@@H]2Cn2cnc([N+](=O)[O-])c2)O[C@H](Cn2cnc([N+](=O)[O-])c2)[C@H]1OC(C)=O. The summed E-state index contributed by atoms with van der Waals surface area (Å²) in [6.07, 6.45) is -12.6. The highest BCUT2D eigenvalue weighted by atomic mass is 16.8. The van der Waals surface area contributed by atoms with E-state index in [1.54, 1.807) is 0 Å². The second kappa shape index (κ2) is 20.3. The first-order valence-electron chi connectivity index (χ1n) is 18.7. The first kappa shape index (κ1) is 47.1.